The lowest BCUT2D eigenvalue weighted by molar-refractivity contribution is -0.130. The van der Waals surface area contributed by atoms with Crippen LogP contribution in [0.15, 0.2) is 60.7 Å². The number of carbonyl (C=O) groups is 2. The predicted octanol–water partition coefficient (Wildman–Crippen LogP) is 4.87. The van der Waals surface area contributed by atoms with Crippen LogP contribution in [0.3, 0.4) is 0 Å². The first-order valence-corrected chi connectivity index (χ1v) is 10.3. The molecular formula is C25H30N2O2. The van der Waals surface area contributed by atoms with Gasteiger partial charge in [0, 0.05) is 30.8 Å². The second-order valence-corrected chi connectivity index (χ2v) is 8.66. The van der Waals surface area contributed by atoms with Crippen molar-refractivity contribution in [2.45, 2.75) is 39.0 Å². The Hall–Kier alpha value is -2.88. The Kier molecular flexibility index (Phi) is 6.53. The summed E-state index contributed by atoms with van der Waals surface area (Å²) in [5, 5.41) is 3.02. The smallest absolute Gasteiger partial charge is 0.246 e. The van der Waals surface area contributed by atoms with Gasteiger partial charge in [0.1, 0.15) is 0 Å². The molecule has 1 aliphatic heterocycles. The summed E-state index contributed by atoms with van der Waals surface area (Å²) in [6.07, 6.45) is 4.84. The lowest BCUT2D eigenvalue weighted by Gasteiger charge is -2.30. The van der Waals surface area contributed by atoms with Crippen molar-refractivity contribution in [2.75, 3.05) is 18.4 Å². The maximum atomic E-state index is 12.6. The van der Waals surface area contributed by atoms with Gasteiger partial charge in [-0.2, -0.15) is 0 Å². The zero-order valence-corrected chi connectivity index (χ0v) is 17.5. The maximum absolute atomic E-state index is 12.6. The van der Waals surface area contributed by atoms with Crippen LogP contribution in [0.4, 0.5) is 5.69 Å². The lowest BCUT2D eigenvalue weighted by atomic mass is 9.87. The first kappa shape index (κ1) is 20.8. The summed E-state index contributed by atoms with van der Waals surface area (Å²) < 4.78 is 0. The van der Waals surface area contributed by atoms with Crippen LogP contribution in [-0.2, 0) is 15.0 Å². The van der Waals surface area contributed by atoms with Gasteiger partial charge < -0.3 is 10.2 Å². The van der Waals surface area contributed by atoms with Gasteiger partial charge in [0.15, 0.2) is 0 Å². The number of anilines is 1. The zero-order chi connectivity index (χ0) is 20.9. The van der Waals surface area contributed by atoms with E-state index in [4.69, 9.17) is 0 Å². The SMILES string of the molecule is CC(C)(C)c1ccc(NC(=O)C2CCN(C(=O)/C=C/c3ccccc3)CC2)cc1. The quantitative estimate of drug-likeness (QED) is 0.757. The van der Waals surface area contributed by atoms with Crippen molar-refractivity contribution in [3.63, 3.8) is 0 Å². The highest BCUT2D eigenvalue weighted by Gasteiger charge is 2.26. The third kappa shape index (κ3) is 5.80. The molecule has 0 atom stereocenters. The molecule has 3 rings (SSSR count). The number of hydrogen-bond acceptors (Lipinski definition) is 2. The Bertz CT molecular complexity index is 856. The largest absolute Gasteiger partial charge is 0.339 e. The molecule has 4 nitrogen and oxygen atoms in total. The van der Waals surface area contributed by atoms with E-state index in [1.807, 2.05) is 53.4 Å². The number of nitrogens with one attached hydrogen (secondary N) is 1. The molecule has 4 heteroatoms. The molecule has 152 valence electrons. The van der Waals surface area contributed by atoms with Gasteiger partial charge in [-0.1, -0.05) is 63.2 Å². The minimum absolute atomic E-state index is 0.00507. The van der Waals surface area contributed by atoms with Crippen molar-refractivity contribution in [3.8, 4) is 0 Å². The lowest BCUT2D eigenvalue weighted by Crippen LogP contribution is -2.40. The average molecular weight is 391 g/mol. The van der Waals surface area contributed by atoms with Crippen molar-refractivity contribution in [2.24, 2.45) is 5.92 Å². The molecule has 1 N–H and O–H groups in total. The van der Waals surface area contributed by atoms with Gasteiger partial charge in [-0.05, 0) is 47.6 Å². The van der Waals surface area contributed by atoms with Gasteiger partial charge in [0.05, 0.1) is 0 Å². The Balaban J connectivity index is 1.49. The molecule has 0 saturated carbocycles. The Morgan fingerprint density at radius 1 is 0.966 bits per heavy atom. The molecule has 0 spiro atoms. The summed E-state index contributed by atoms with van der Waals surface area (Å²) >= 11 is 0. The van der Waals surface area contributed by atoms with E-state index < -0.39 is 0 Å². The van der Waals surface area contributed by atoms with Crippen LogP contribution in [0.2, 0.25) is 0 Å². The summed E-state index contributed by atoms with van der Waals surface area (Å²) in [6.45, 7) is 7.73. The molecular weight excluding hydrogens is 360 g/mol. The fourth-order valence-corrected chi connectivity index (χ4v) is 3.50. The van der Waals surface area contributed by atoms with E-state index in [1.165, 1.54) is 5.56 Å². The topological polar surface area (TPSA) is 49.4 Å². The highest BCUT2D eigenvalue weighted by atomic mass is 16.2. The normalized spacial score (nSPS) is 15.5. The van der Waals surface area contributed by atoms with Crippen LogP contribution in [0.25, 0.3) is 6.08 Å². The Morgan fingerprint density at radius 2 is 1.59 bits per heavy atom. The predicted molar refractivity (Wildman–Crippen MR) is 119 cm³/mol. The first-order valence-electron chi connectivity index (χ1n) is 10.3. The molecule has 0 radical (unpaired) electrons. The highest BCUT2D eigenvalue weighted by Crippen LogP contribution is 2.24. The fraction of sp³-hybridized carbons (Fsp3) is 0.360. The molecule has 2 amide bonds. The number of rotatable bonds is 4. The summed E-state index contributed by atoms with van der Waals surface area (Å²) in [4.78, 5) is 26.8. The molecule has 0 aromatic heterocycles. The molecule has 1 fully saturated rings. The minimum Gasteiger partial charge on any atom is -0.339 e. The van der Waals surface area contributed by atoms with E-state index in [-0.39, 0.29) is 23.1 Å². The number of piperidine rings is 1. The molecule has 1 saturated heterocycles. The third-order valence-corrected chi connectivity index (χ3v) is 5.41. The van der Waals surface area contributed by atoms with Gasteiger partial charge in [-0.3, -0.25) is 9.59 Å². The summed E-state index contributed by atoms with van der Waals surface area (Å²) in [5.74, 6) is -0.00892. The maximum Gasteiger partial charge on any atom is 0.246 e. The van der Waals surface area contributed by atoms with Gasteiger partial charge >= 0.3 is 0 Å². The second kappa shape index (κ2) is 9.08. The molecule has 29 heavy (non-hydrogen) atoms. The van der Waals surface area contributed by atoms with Crippen LogP contribution >= 0.6 is 0 Å². The van der Waals surface area contributed by atoms with Crippen LogP contribution in [0.1, 0.15) is 44.7 Å². The number of likely N-dealkylation sites (tertiary alicyclic amines) is 1. The molecule has 2 aromatic carbocycles. The number of hydrogen-bond donors (Lipinski definition) is 1. The van der Waals surface area contributed by atoms with Crippen LogP contribution in [-0.4, -0.2) is 29.8 Å². The Labute approximate surface area is 173 Å². The van der Waals surface area contributed by atoms with Crippen LogP contribution in [0, 0.1) is 5.92 Å². The van der Waals surface area contributed by atoms with E-state index >= 15 is 0 Å². The monoisotopic (exact) mass is 390 g/mol. The van der Waals surface area contributed by atoms with Crippen molar-refractivity contribution in [1.82, 2.24) is 4.90 Å². The van der Waals surface area contributed by atoms with Crippen LogP contribution in [0.5, 0.6) is 0 Å². The molecule has 1 heterocycles. The van der Waals surface area contributed by atoms with E-state index in [9.17, 15) is 9.59 Å². The van der Waals surface area contributed by atoms with Gasteiger partial charge in [-0.15, -0.1) is 0 Å². The minimum atomic E-state index is -0.0561. The molecule has 1 aliphatic rings. The molecule has 0 aliphatic carbocycles. The van der Waals surface area contributed by atoms with Crippen molar-refractivity contribution >= 4 is 23.6 Å². The van der Waals surface area contributed by atoms with Gasteiger partial charge in [-0.25, -0.2) is 0 Å². The standard InChI is InChI=1S/C25H30N2O2/c1-25(2,3)21-10-12-22(13-11-21)26-24(29)20-15-17-27(18-16-20)23(28)14-9-19-7-5-4-6-8-19/h4-14,20H,15-18H2,1-3H3,(H,26,29)/b14-9+. The number of carbonyl (C=O) groups excluding carboxylic acids is 2. The zero-order valence-electron chi connectivity index (χ0n) is 17.5. The summed E-state index contributed by atoms with van der Waals surface area (Å²) in [5.41, 5.74) is 3.17. The highest BCUT2D eigenvalue weighted by molar-refractivity contribution is 5.94. The first-order chi connectivity index (χ1) is 13.8. The van der Waals surface area contributed by atoms with Gasteiger partial charge in [0.25, 0.3) is 0 Å². The van der Waals surface area contributed by atoms with E-state index in [1.54, 1.807) is 6.08 Å². The summed E-state index contributed by atoms with van der Waals surface area (Å²) in [7, 11) is 0. The molecule has 2 aromatic rings. The molecule has 0 bridgehead atoms. The number of benzene rings is 2. The third-order valence-electron chi connectivity index (χ3n) is 5.41. The van der Waals surface area contributed by atoms with Gasteiger partial charge in [0.2, 0.25) is 11.8 Å². The number of amides is 2. The number of nitrogens with zero attached hydrogens (tertiary/aromatic N) is 1. The van der Waals surface area contributed by atoms with E-state index in [2.05, 4.69) is 38.2 Å². The fourth-order valence-electron chi connectivity index (χ4n) is 3.50. The Morgan fingerprint density at radius 3 is 2.17 bits per heavy atom. The van der Waals surface area contributed by atoms with Crippen LogP contribution < -0.4 is 5.32 Å². The second-order valence-electron chi connectivity index (χ2n) is 8.66. The van der Waals surface area contributed by atoms with Crippen molar-refractivity contribution in [1.29, 1.82) is 0 Å². The van der Waals surface area contributed by atoms with Crippen molar-refractivity contribution in [3.05, 3.63) is 71.8 Å². The van der Waals surface area contributed by atoms with E-state index in [0.717, 1.165) is 11.3 Å². The average Bonchev–Trinajstić information content (AvgIpc) is 2.72. The molecule has 0 unspecified atom stereocenters. The summed E-state index contributed by atoms with van der Waals surface area (Å²) in [6, 6.07) is 17.8. The van der Waals surface area contributed by atoms with E-state index in [0.29, 0.717) is 25.9 Å². The van der Waals surface area contributed by atoms with Crippen molar-refractivity contribution < 1.29 is 9.59 Å².